The minimum Gasteiger partial charge on any atom is -0.352 e. The van der Waals surface area contributed by atoms with Crippen molar-refractivity contribution in [1.29, 1.82) is 0 Å². The van der Waals surface area contributed by atoms with E-state index in [4.69, 9.17) is 0 Å². The maximum atomic E-state index is 10.4. The Morgan fingerprint density at radius 1 is 1.50 bits per heavy atom. The minimum absolute atomic E-state index is 0.188. The lowest BCUT2D eigenvalue weighted by Gasteiger charge is -2.07. The first-order valence-electron chi connectivity index (χ1n) is 2.32. The summed E-state index contributed by atoms with van der Waals surface area (Å²) in [5.41, 5.74) is 0. The quantitative estimate of drug-likeness (QED) is 0.461. The summed E-state index contributed by atoms with van der Waals surface area (Å²) in [6.07, 6.45) is 0.593. The number of sulfone groups is 1. The molecule has 46 valence electrons. The maximum absolute atomic E-state index is 10.4. The average molecular weight is 134 g/mol. The van der Waals surface area contributed by atoms with Crippen LogP contribution >= 0.6 is 0 Å². The van der Waals surface area contributed by atoms with Crippen molar-refractivity contribution in [2.75, 3.05) is 12.4 Å². The van der Waals surface area contributed by atoms with Crippen molar-refractivity contribution in [2.45, 2.75) is 6.42 Å². The first-order chi connectivity index (χ1) is 3.71. The van der Waals surface area contributed by atoms with Crippen LogP contribution in [0.4, 0.5) is 0 Å². The normalized spacial score (nSPS) is 27.5. The number of hydrogen-bond donors (Lipinski definition) is 0. The third-order valence-corrected chi connectivity index (χ3v) is 2.04. The molecule has 0 atom stereocenters. The van der Waals surface area contributed by atoms with Crippen LogP contribution in [-0.2, 0) is 14.6 Å². The monoisotopic (exact) mass is 134 g/mol. The SMILES string of the molecule is O=S1(=O)[C]OCCC1. The van der Waals surface area contributed by atoms with Gasteiger partial charge in [0.15, 0.2) is 9.84 Å². The van der Waals surface area contributed by atoms with Crippen molar-refractivity contribution in [1.82, 2.24) is 0 Å². The molecule has 2 radical (unpaired) electrons. The summed E-state index contributed by atoms with van der Waals surface area (Å²) in [5, 5.41) is 0. The molecule has 3 nitrogen and oxygen atoms in total. The van der Waals surface area contributed by atoms with E-state index in [0.717, 1.165) is 0 Å². The van der Waals surface area contributed by atoms with Crippen LogP contribution < -0.4 is 0 Å². The fraction of sp³-hybridized carbons (Fsp3) is 0.750. The Morgan fingerprint density at radius 3 is 2.50 bits per heavy atom. The molecule has 0 aromatic rings. The second-order valence-corrected chi connectivity index (χ2v) is 3.41. The Balaban J connectivity index is 2.58. The van der Waals surface area contributed by atoms with Crippen molar-refractivity contribution < 1.29 is 13.2 Å². The smallest absolute Gasteiger partial charge is 0.264 e. The van der Waals surface area contributed by atoms with Gasteiger partial charge in [-0.3, -0.25) is 0 Å². The molecule has 0 saturated carbocycles. The zero-order valence-corrected chi connectivity index (χ0v) is 5.07. The lowest BCUT2D eigenvalue weighted by Crippen LogP contribution is -2.16. The van der Waals surface area contributed by atoms with Crippen molar-refractivity contribution in [3.8, 4) is 0 Å². The fourth-order valence-electron chi connectivity index (χ4n) is 0.494. The van der Waals surface area contributed by atoms with E-state index in [1.165, 1.54) is 0 Å². The van der Waals surface area contributed by atoms with E-state index in [1.807, 2.05) is 5.94 Å². The van der Waals surface area contributed by atoms with Crippen molar-refractivity contribution in [2.24, 2.45) is 0 Å². The van der Waals surface area contributed by atoms with Crippen LogP contribution in [0.2, 0.25) is 0 Å². The highest BCUT2D eigenvalue weighted by atomic mass is 32.2. The molecule has 1 saturated heterocycles. The summed E-state index contributed by atoms with van der Waals surface area (Å²) >= 11 is 0. The summed E-state index contributed by atoms with van der Waals surface area (Å²) in [6, 6.07) is 0. The van der Waals surface area contributed by atoms with Crippen molar-refractivity contribution in [3.63, 3.8) is 0 Å². The molecule has 0 spiro atoms. The van der Waals surface area contributed by atoms with E-state index in [9.17, 15) is 8.42 Å². The lowest BCUT2D eigenvalue weighted by molar-refractivity contribution is 0.216. The summed E-state index contributed by atoms with van der Waals surface area (Å²) in [7, 11) is -3.05. The largest absolute Gasteiger partial charge is 0.352 e. The molecule has 1 heterocycles. The third kappa shape index (κ3) is 1.45. The highest BCUT2D eigenvalue weighted by Crippen LogP contribution is 2.06. The molecule has 1 fully saturated rings. The van der Waals surface area contributed by atoms with E-state index >= 15 is 0 Å². The van der Waals surface area contributed by atoms with Gasteiger partial charge in [-0.05, 0) is 6.42 Å². The Bertz CT molecular complexity index is 146. The van der Waals surface area contributed by atoms with Gasteiger partial charge in [0.05, 0.1) is 12.4 Å². The van der Waals surface area contributed by atoms with Crippen LogP contribution in [0.3, 0.4) is 0 Å². The highest BCUT2D eigenvalue weighted by Gasteiger charge is 2.17. The standard InChI is InChI=1S/C4H6O3S/c5-8(6)3-1-2-7-4-8/h1-3H2. The number of ether oxygens (including phenoxy) is 1. The molecule has 1 aliphatic rings. The summed E-state index contributed by atoms with van der Waals surface area (Å²) in [4.78, 5) is 0. The Morgan fingerprint density at radius 2 is 2.25 bits per heavy atom. The Hall–Kier alpha value is -0.0900. The van der Waals surface area contributed by atoms with E-state index in [-0.39, 0.29) is 5.75 Å². The molecular formula is C4H6O3S. The molecular weight excluding hydrogens is 128 g/mol. The molecule has 0 bridgehead atoms. The topological polar surface area (TPSA) is 43.4 Å². The molecule has 1 rings (SSSR count). The highest BCUT2D eigenvalue weighted by molar-refractivity contribution is 7.93. The lowest BCUT2D eigenvalue weighted by atomic mass is 10.5. The van der Waals surface area contributed by atoms with E-state index in [1.54, 1.807) is 0 Å². The number of rotatable bonds is 0. The molecule has 0 aliphatic carbocycles. The minimum atomic E-state index is -3.05. The van der Waals surface area contributed by atoms with Gasteiger partial charge in [-0.15, -0.1) is 0 Å². The summed E-state index contributed by atoms with van der Waals surface area (Å²) in [6.45, 7) is 0.485. The van der Waals surface area contributed by atoms with E-state index < -0.39 is 9.84 Å². The first kappa shape index (κ1) is 6.04. The third-order valence-electron chi connectivity index (χ3n) is 0.845. The van der Waals surface area contributed by atoms with Gasteiger partial charge in [0, 0.05) is 0 Å². The van der Waals surface area contributed by atoms with Crippen LogP contribution in [-0.4, -0.2) is 20.8 Å². The van der Waals surface area contributed by atoms with Crippen molar-refractivity contribution >= 4 is 9.84 Å². The zero-order chi connectivity index (χ0) is 6.04. The molecule has 0 unspecified atom stereocenters. The zero-order valence-electron chi connectivity index (χ0n) is 4.25. The van der Waals surface area contributed by atoms with Gasteiger partial charge < -0.3 is 4.74 Å². The van der Waals surface area contributed by atoms with Crippen molar-refractivity contribution in [3.05, 3.63) is 5.94 Å². The second-order valence-electron chi connectivity index (χ2n) is 1.60. The molecule has 1 aliphatic heterocycles. The molecule has 8 heavy (non-hydrogen) atoms. The molecule has 0 N–H and O–H groups in total. The van der Waals surface area contributed by atoms with Crippen LogP contribution in [0.25, 0.3) is 0 Å². The predicted molar refractivity (Wildman–Crippen MR) is 27.6 cm³/mol. The van der Waals surface area contributed by atoms with Gasteiger partial charge in [-0.2, -0.15) is 0 Å². The van der Waals surface area contributed by atoms with Gasteiger partial charge in [-0.25, -0.2) is 8.42 Å². The Kier molecular flexibility index (Phi) is 1.53. The number of hydrogen-bond acceptors (Lipinski definition) is 3. The van der Waals surface area contributed by atoms with Crippen LogP contribution in [0.5, 0.6) is 0 Å². The van der Waals surface area contributed by atoms with E-state index in [0.29, 0.717) is 13.0 Å². The van der Waals surface area contributed by atoms with E-state index in [2.05, 4.69) is 4.74 Å². The van der Waals surface area contributed by atoms with Gasteiger partial charge in [-0.1, -0.05) is 0 Å². The second kappa shape index (κ2) is 2.03. The maximum Gasteiger partial charge on any atom is 0.264 e. The summed E-state index contributed by atoms with van der Waals surface area (Å²) in [5.74, 6) is 2.12. The van der Waals surface area contributed by atoms with Gasteiger partial charge in [0.1, 0.15) is 0 Å². The molecule has 0 aromatic heterocycles. The average Bonchev–Trinajstić information content (AvgIpc) is 1.65. The van der Waals surface area contributed by atoms with Gasteiger partial charge in [0.2, 0.25) is 0 Å². The van der Waals surface area contributed by atoms with Crippen LogP contribution in [0, 0.1) is 5.94 Å². The predicted octanol–water partition coefficient (Wildman–Crippen LogP) is -0.182. The van der Waals surface area contributed by atoms with Gasteiger partial charge >= 0.3 is 0 Å². The van der Waals surface area contributed by atoms with Crippen LogP contribution in [0.15, 0.2) is 0 Å². The molecule has 0 amide bonds. The van der Waals surface area contributed by atoms with Gasteiger partial charge in [0.25, 0.3) is 5.94 Å². The molecule has 4 heteroatoms. The fourth-order valence-corrected chi connectivity index (χ4v) is 1.34. The first-order valence-corrected chi connectivity index (χ1v) is 3.97. The summed E-state index contributed by atoms with van der Waals surface area (Å²) < 4.78 is 25.3. The van der Waals surface area contributed by atoms with Crippen LogP contribution in [0.1, 0.15) is 6.42 Å². The Labute approximate surface area is 48.6 Å². The molecule has 0 aromatic carbocycles.